The van der Waals surface area contributed by atoms with E-state index >= 15 is 0 Å². The largest absolute Gasteiger partial charge is 0.382 e. The van der Waals surface area contributed by atoms with Gasteiger partial charge in [-0.1, -0.05) is 19.9 Å². The Balaban J connectivity index is 1.53. The molecule has 246 valence electrons. The highest BCUT2D eigenvalue weighted by Crippen LogP contribution is 2.28. The highest BCUT2D eigenvalue weighted by Gasteiger charge is 2.20. The highest BCUT2D eigenvalue weighted by molar-refractivity contribution is 8.00. The molecule has 3 heterocycles. The van der Waals surface area contributed by atoms with E-state index in [0.29, 0.717) is 39.0 Å². The van der Waals surface area contributed by atoms with Gasteiger partial charge in [-0.05, 0) is 102 Å². The third-order valence-electron chi connectivity index (χ3n) is 8.54. The van der Waals surface area contributed by atoms with Gasteiger partial charge in [0.15, 0.2) is 0 Å². The fourth-order valence-electron chi connectivity index (χ4n) is 5.39. The Labute approximate surface area is 271 Å². The Kier molecular flexibility index (Phi) is 9.87. The Bertz CT molecular complexity index is 2000. The van der Waals surface area contributed by atoms with Crippen LogP contribution < -0.4 is 21.5 Å². The third kappa shape index (κ3) is 7.43. The average molecular weight is 666 g/mol. The molecule has 0 spiro atoms. The number of hydrogen-bond donors (Lipinski definition) is 3. The summed E-state index contributed by atoms with van der Waals surface area (Å²) in [5, 5.41) is 10.6. The Morgan fingerprint density at radius 3 is 2.37 bits per heavy atom. The molecule has 5 rings (SSSR count). The number of pyridine rings is 1. The van der Waals surface area contributed by atoms with Gasteiger partial charge in [0.05, 0.1) is 6.26 Å². The molecule has 0 bridgehead atoms. The van der Waals surface area contributed by atoms with Gasteiger partial charge in [0.25, 0.3) is 5.56 Å². The lowest BCUT2D eigenvalue weighted by Gasteiger charge is -2.24. The van der Waals surface area contributed by atoms with Crippen LogP contribution in [0, 0.1) is 6.92 Å². The second-order valence-corrected chi connectivity index (χ2v) is 17.2. The maximum atomic E-state index is 14.2. The van der Waals surface area contributed by atoms with E-state index in [1.807, 2.05) is 51.1 Å². The molecule has 0 amide bonds. The van der Waals surface area contributed by atoms with Crippen LogP contribution in [0.4, 0.5) is 17.3 Å². The molecule has 1 saturated heterocycles. The van der Waals surface area contributed by atoms with Crippen LogP contribution in [0.5, 0.6) is 0 Å². The van der Waals surface area contributed by atoms with E-state index in [4.69, 9.17) is 4.98 Å². The third-order valence-corrected chi connectivity index (χ3v) is 12.4. The summed E-state index contributed by atoms with van der Waals surface area (Å²) in [6.07, 6.45) is 4.93. The SMILES string of the molecule is C=S(=O)(c1ccc(C)c(-c2cc3cnc(Nc4ccc(NC5CCNCC5)cc4)nc3n(CCN(C)S(C)(=O)=O)c2=O)c1)C(C)C. The minimum Gasteiger partial charge on any atom is -0.382 e. The molecule has 0 saturated carbocycles. The molecule has 11 nitrogen and oxygen atoms in total. The van der Waals surface area contributed by atoms with Crippen molar-refractivity contribution < 1.29 is 12.6 Å². The molecule has 46 heavy (non-hydrogen) atoms. The van der Waals surface area contributed by atoms with Crippen molar-refractivity contribution in [2.24, 2.45) is 0 Å². The van der Waals surface area contributed by atoms with Crippen LogP contribution in [0.3, 0.4) is 0 Å². The van der Waals surface area contributed by atoms with Crippen molar-refractivity contribution in [1.29, 1.82) is 0 Å². The van der Waals surface area contributed by atoms with E-state index in [1.165, 1.54) is 15.9 Å². The summed E-state index contributed by atoms with van der Waals surface area (Å²) in [6.45, 7) is 7.76. The van der Waals surface area contributed by atoms with Crippen LogP contribution in [-0.2, 0) is 26.1 Å². The predicted molar refractivity (Wildman–Crippen MR) is 189 cm³/mol. The first-order chi connectivity index (χ1) is 21.7. The van der Waals surface area contributed by atoms with E-state index in [9.17, 15) is 17.4 Å². The van der Waals surface area contributed by atoms with E-state index in [2.05, 4.69) is 26.8 Å². The van der Waals surface area contributed by atoms with Gasteiger partial charge < -0.3 is 16.0 Å². The van der Waals surface area contributed by atoms with Crippen molar-refractivity contribution in [3.63, 3.8) is 0 Å². The summed E-state index contributed by atoms with van der Waals surface area (Å²) in [5.74, 6) is 4.29. The molecule has 4 aromatic rings. The summed E-state index contributed by atoms with van der Waals surface area (Å²) in [7, 11) is -4.59. The molecule has 2 aromatic carbocycles. The molecular weight excluding hydrogens is 623 g/mol. The number of anilines is 3. The summed E-state index contributed by atoms with van der Waals surface area (Å²) in [5.41, 5.74) is 3.70. The molecule has 1 fully saturated rings. The van der Waals surface area contributed by atoms with Crippen molar-refractivity contribution >= 4 is 53.8 Å². The molecular formula is C33H43N7O4S2. The number of benzene rings is 2. The molecule has 0 radical (unpaired) electrons. The molecule has 13 heteroatoms. The standard InChI is InChI=1S/C33H43N7O4S2/c1-22(2)45(5,42)28-12-7-23(3)29(20-28)30-19-24-21-35-33(38-31(24)40(32(30)41)18-17-39(4)46(6,43)44)37-26-10-8-25(9-11-26)36-27-13-15-34-16-14-27/h7-12,19-22,27,34,36H,5,13-18H2,1-4,6H3,(H,35,37,38). The molecule has 0 aliphatic carbocycles. The van der Waals surface area contributed by atoms with Gasteiger partial charge in [-0.25, -0.2) is 17.7 Å². The van der Waals surface area contributed by atoms with Crippen LogP contribution in [0.2, 0.25) is 0 Å². The zero-order valence-corrected chi connectivity index (χ0v) is 28.7. The number of fused-ring (bicyclic) bond motifs is 1. The molecule has 1 aliphatic heterocycles. The first kappa shape index (κ1) is 33.6. The van der Waals surface area contributed by atoms with E-state index in [1.54, 1.807) is 24.4 Å². The zero-order valence-electron chi connectivity index (χ0n) is 27.0. The number of piperidine rings is 1. The number of aryl methyl sites for hydroxylation is 1. The number of rotatable bonds is 11. The molecule has 1 aliphatic rings. The van der Waals surface area contributed by atoms with Crippen molar-refractivity contribution in [2.75, 3.05) is 43.6 Å². The quantitative estimate of drug-likeness (QED) is 0.203. The predicted octanol–water partition coefficient (Wildman–Crippen LogP) is 4.05. The molecule has 1 atom stereocenters. The first-order valence-electron chi connectivity index (χ1n) is 15.4. The van der Waals surface area contributed by atoms with Gasteiger partial charge in [-0.2, -0.15) is 4.98 Å². The number of nitrogens with one attached hydrogen (secondary N) is 3. The normalized spacial score (nSPS) is 15.7. The number of likely N-dealkylation sites (N-methyl/N-ethyl adjacent to an activating group) is 1. The second-order valence-electron chi connectivity index (χ2n) is 12.2. The Hall–Kier alpha value is -3.78. The lowest BCUT2D eigenvalue weighted by atomic mass is 10.0. The monoisotopic (exact) mass is 665 g/mol. The lowest BCUT2D eigenvalue weighted by molar-refractivity contribution is 0.449. The number of hydrogen-bond acceptors (Lipinski definition) is 9. The van der Waals surface area contributed by atoms with Crippen LogP contribution in [0.25, 0.3) is 22.2 Å². The van der Waals surface area contributed by atoms with Crippen LogP contribution in [0.15, 0.2) is 64.4 Å². The zero-order chi connectivity index (χ0) is 33.2. The maximum absolute atomic E-state index is 14.2. The van der Waals surface area contributed by atoms with Gasteiger partial charge in [-0.15, -0.1) is 0 Å². The Morgan fingerprint density at radius 1 is 1.04 bits per heavy atom. The fraction of sp³-hybridized carbons (Fsp3) is 0.394. The minimum absolute atomic E-state index is 0.0641. The van der Waals surface area contributed by atoms with E-state index in [0.717, 1.165) is 49.1 Å². The topological polar surface area (TPSA) is 138 Å². The van der Waals surface area contributed by atoms with E-state index < -0.39 is 19.5 Å². The lowest BCUT2D eigenvalue weighted by Crippen LogP contribution is -2.35. The number of sulfonamides is 1. The summed E-state index contributed by atoms with van der Waals surface area (Å²) >= 11 is 0. The number of nitrogens with zero attached hydrogens (tertiary/aromatic N) is 4. The first-order valence-corrected chi connectivity index (χ1v) is 19.0. The summed E-state index contributed by atoms with van der Waals surface area (Å²) < 4.78 is 40.5. The summed E-state index contributed by atoms with van der Waals surface area (Å²) in [4.78, 5) is 24.0. The molecule has 2 aromatic heterocycles. The van der Waals surface area contributed by atoms with Crippen molar-refractivity contribution in [3.8, 4) is 11.1 Å². The van der Waals surface area contributed by atoms with Crippen molar-refractivity contribution in [2.45, 2.75) is 56.3 Å². The van der Waals surface area contributed by atoms with Gasteiger partial charge in [0.2, 0.25) is 16.0 Å². The van der Waals surface area contributed by atoms with Gasteiger partial charge in [0.1, 0.15) is 5.65 Å². The van der Waals surface area contributed by atoms with Crippen molar-refractivity contribution in [3.05, 3.63) is 70.6 Å². The number of aromatic nitrogens is 3. The van der Waals surface area contributed by atoms with Crippen LogP contribution in [0.1, 0.15) is 32.3 Å². The van der Waals surface area contributed by atoms with Crippen LogP contribution >= 0.6 is 0 Å². The highest BCUT2D eigenvalue weighted by atomic mass is 32.2. The Morgan fingerprint density at radius 2 is 1.72 bits per heavy atom. The fourth-order valence-corrected chi connectivity index (χ4v) is 6.96. The van der Waals surface area contributed by atoms with Gasteiger partial charge in [0, 0.05) is 64.8 Å². The molecule has 3 N–H and O–H groups in total. The van der Waals surface area contributed by atoms with E-state index in [-0.39, 0.29) is 23.9 Å². The van der Waals surface area contributed by atoms with Gasteiger partial charge >= 0.3 is 0 Å². The summed E-state index contributed by atoms with van der Waals surface area (Å²) in [6, 6.07) is 15.5. The second kappa shape index (κ2) is 13.5. The average Bonchev–Trinajstić information content (AvgIpc) is 3.01. The van der Waals surface area contributed by atoms with Crippen LogP contribution in [-0.4, -0.2) is 81.6 Å². The van der Waals surface area contributed by atoms with Gasteiger partial charge in [-0.3, -0.25) is 13.6 Å². The smallest absolute Gasteiger partial charge is 0.260 e. The minimum atomic E-state index is -3.47. The molecule has 1 unspecified atom stereocenters. The van der Waals surface area contributed by atoms with Crippen molar-refractivity contribution in [1.82, 2.24) is 24.2 Å². The maximum Gasteiger partial charge on any atom is 0.260 e.